The van der Waals surface area contributed by atoms with E-state index in [1.807, 2.05) is 20.8 Å². The van der Waals surface area contributed by atoms with E-state index >= 15 is 0 Å². The van der Waals surface area contributed by atoms with Crippen molar-refractivity contribution in [2.75, 3.05) is 33.0 Å². The molecule has 0 aliphatic rings. The van der Waals surface area contributed by atoms with Gasteiger partial charge in [0.1, 0.15) is 0 Å². The summed E-state index contributed by atoms with van der Waals surface area (Å²) in [5, 5.41) is 8.53. The van der Waals surface area contributed by atoms with Gasteiger partial charge in [0.15, 0.2) is 0 Å². The van der Waals surface area contributed by atoms with Gasteiger partial charge in [0.05, 0.1) is 38.6 Å². The molecule has 4 unspecified atom stereocenters. The van der Waals surface area contributed by atoms with Crippen molar-refractivity contribution in [3.8, 4) is 0 Å². The van der Waals surface area contributed by atoms with E-state index in [1.165, 1.54) is 20.8 Å². The van der Waals surface area contributed by atoms with E-state index in [0.29, 0.717) is 39.5 Å². The molecular weight excluding hydrogens is 438 g/mol. The molecule has 0 bridgehead atoms. The first-order valence-electron chi connectivity index (χ1n) is 12.4. The Morgan fingerprint density at radius 1 is 0.706 bits per heavy atom. The molecule has 0 spiro atoms. The third-order valence-electron chi connectivity index (χ3n) is 5.83. The molecular formula is C25H49N3O6. The summed E-state index contributed by atoms with van der Waals surface area (Å²) >= 11 is 0. The number of ether oxygens (including phenoxy) is 3. The highest BCUT2D eigenvalue weighted by molar-refractivity contribution is 5.73. The molecule has 3 amide bonds. The second-order valence-electron chi connectivity index (χ2n) is 9.98. The van der Waals surface area contributed by atoms with Crippen molar-refractivity contribution in [2.24, 2.45) is 5.41 Å². The lowest BCUT2D eigenvalue weighted by Crippen LogP contribution is -2.45. The van der Waals surface area contributed by atoms with Crippen LogP contribution in [0.3, 0.4) is 0 Å². The Bertz CT molecular complexity index is 602. The zero-order valence-corrected chi connectivity index (χ0v) is 22.8. The van der Waals surface area contributed by atoms with Crippen LogP contribution < -0.4 is 16.0 Å². The van der Waals surface area contributed by atoms with Gasteiger partial charge in [0, 0.05) is 44.3 Å². The van der Waals surface area contributed by atoms with E-state index in [2.05, 4.69) is 36.7 Å². The Morgan fingerprint density at radius 2 is 1.09 bits per heavy atom. The van der Waals surface area contributed by atoms with Gasteiger partial charge in [-0.1, -0.05) is 13.8 Å². The molecule has 0 saturated carbocycles. The minimum atomic E-state index is -0.442. The summed E-state index contributed by atoms with van der Waals surface area (Å²) in [7, 11) is 0. The van der Waals surface area contributed by atoms with Crippen LogP contribution in [0.5, 0.6) is 0 Å². The minimum absolute atomic E-state index is 0.0828. The fourth-order valence-electron chi connectivity index (χ4n) is 3.94. The molecule has 0 saturated heterocycles. The first-order chi connectivity index (χ1) is 15.8. The molecule has 0 aromatic heterocycles. The largest absolute Gasteiger partial charge is 0.379 e. The van der Waals surface area contributed by atoms with E-state index in [4.69, 9.17) is 14.2 Å². The highest BCUT2D eigenvalue weighted by Gasteiger charge is 2.38. The zero-order chi connectivity index (χ0) is 26.4. The molecule has 0 radical (unpaired) electrons. The fraction of sp³-hybridized carbons (Fsp3) is 0.880. The number of carbonyl (C=O) groups is 3. The predicted molar refractivity (Wildman–Crippen MR) is 133 cm³/mol. The quantitative estimate of drug-likeness (QED) is 0.274. The molecule has 0 rings (SSSR count). The van der Waals surface area contributed by atoms with Crippen LogP contribution in [-0.2, 0) is 28.6 Å². The van der Waals surface area contributed by atoms with Gasteiger partial charge in [0.2, 0.25) is 17.7 Å². The molecule has 4 atom stereocenters. The molecule has 0 aromatic carbocycles. The van der Waals surface area contributed by atoms with Gasteiger partial charge in [-0.05, 0) is 47.0 Å². The van der Waals surface area contributed by atoms with Crippen molar-refractivity contribution in [3.05, 3.63) is 0 Å². The van der Waals surface area contributed by atoms with E-state index in [9.17, 15) is 14.4 Å². The molecule has 0 aliphatic heterocycles. The summed E-state index contributed by atoms with van der Waals surface area (Å²) < 4.78 is 18.5. The van der Waals surface area contributed by atoms with Crippen LogP contribution in [0.2, 0.25) is 0 Å². The maximum Gasteiger partial charge on any atom is 0.217 e. The summed E-state index contributed by atoms with van der Waals surface area (Å²) in [5.74, 6) is -0.262. The molecule has 3 N–H and O–H groups in total. The van der Waals surface area contributed by atoms with Crippen LogP contribution >= 0.6 is 0 Å². The average Bonchev–Trinajstić information content (AvgIpc) is 2.70. The molecule has 9 heteroatoms. The standard InChI is InChI=1S/C25H49N3O6/c1-10-24(9,34-14-20(5)28-23(8)31)15-25(11-2,16-32-12-18(3)26-21(6)29)17-33-13-19(4)27-22(7)30/h18-20H,10-17H2,1-9H3,(H,26,29)(H,27,30)(H,28,31). The van der Waals surface area contributed by atoms with Gasteiger partial charge >= 0.3 is 0 Å². The number of nitrogens with one attached hydrogen (secondary N) is 3. The van der Waals surface area contributed by atoms with Crippen molar-refractivity contribution < 1.29 is 28.6 Å². The van der Waals surface area contributed by atoms with Crippen molar-refractivity contribution >= 4 is 17.7 Å². The zero-order valence-electron chi connectivity index (χ0n) is 22.8. The molecule has 0 aliphatic carbocycles. The van der Waals surface area contributed by atoms with E-state index in [-0.39, 0.29) is 41.3 Å². The van der Waals surface area contributed by atoms with Gasteiger partial charge in [0.25, 0.3) is 0 Å². The third kappa shape index (κ3) is 14.5. The van der Waals surface area contributed by atoms with Crippen LogP contribution in [0.1, 0.15) is 81.6 Å². The number of hydrogen-bond donors (Lipinski definition) is 3. The van der Waals surface area contributed by atoms with Gasteiger partial charge in [-0.2, -0.15) is 0 Å². The van der Waals surface area contributed by atoms with Gasteiger partial charge in [-0.15, -0.1) is 0 Å². The smallest absolute Gasteiger partial charge is 0.217 e. The summed E-state index contributed by atoms with van der Waals surface area (Å²) in [4.78, 5) is 34.0. The van der Waals surface area contributed by atoms with Gasteiger partial charge in [-0.25, -0.2) is 0 Å². The van der Waals surface area contributed by atoms with Crippen LogP contribution in [0.15, 0.2) is 0 Å². The van der Waals surface area contributed by atoms with Gasteiger partial charge in [-0.3, -0.25) is 14.4 Å². The highest BCUT2D eigenvalue weighted by atomic mass is 16.5. The lowest BCUT2D eigenvalue weighted by atomic mass is 9.75. The monoisotopic (exact) mass is 487 g/mol. The second kappa shape index (κ2) is 16.1. The van der Waals surface area contributed by atoms with E-state index < -0.39 is 5.60 Å². The summed E-state index contributed by atoms with van der Waals surface area (Å²) in [6.07, 6.45) is 2.28. The van der Waals surface area contributed by atoms with Crippen LogP contribution in [0.4, 0.5) is 0 Å². The summed E-state index contributed by atoms with van der Waals surface area (Å²) in [6, 6.07) is -0.288. The molecule has 34 heavy (non-hydrogen) atoms. The molecule has 0 fully saturated rings. The number of amides is 3. The normalized spacial score (nSPS) is 17.6. The third-order valence-corrected chi connectivity index (χ3v) is 5.83. The van der Waals surface area contributed by atoms with Crippen molar-refractivity contribution in [2.45, 2.75) is 105 Å². The van der Waals surface area contributed by atoms with Crippen molar-refractivity contribution in [3.63, 3.8) is 0 Å². The van der Waals surface area contributed by atoms with Crippen LogP contribution in [-0.4, -0.2) is 74.5 Å². The Balaban J connectivity index is 5.35. The van der Waals surface area contributed by atoms with Crippen molar-refractivity contribution in [1.29, 1.82) is 0 Å². The lowest BCUT2D eigenvalue weighted by molar-refractivity contribution is -0.125. The molecule has 0 aromatic rings. The Hall–Kier alpha value is -1.71. The van der Waals surface area contributed by atoms with Crippen LogP contribution in [0, 0.1) is 5.41 Å². The van der Waals surface area contributed by atoms with Crippen molar-refractivity contribution in [1.82, 2.24) is 16.0 Å². The molecule has 0 heterocycles. The highest BCUT2D eigenvalue weighted by Crippen LogP contribution is 2.37. The number of carbonyl (C=O) groups excluding carboxylic acids is 3. The molecule has 9 nitrogen and oxygen atoms in total. The minimum Gasteiger partial charge on any atom is -0.379 e. The number of rotatable bonds is 18. The predicted octanol–water partition coefficient (Wildman–Crippen LogP) is 2.57. The second-order valence-corrected chi connectivity index (χ2v) is 9.98. The fourth-order valence-corrected chi connectivity index (χ4v) is 3.94. The van der Waals surface area contributed by atoms with Crippen LogP contribution in [0.25, 0.3) is 0 Å². The Kier molecular flexibility index (Phi) is 15.2. The van der Waals surface area contributed by atoms with Gasteiger partial charge < -0.3 is 30.2 Å². The summed E-state index contributed by atoms with van der Waals surface area (Å²) in [6.45, 7) is 18.6. The Labute approximate surface area is 206 Å². The summed E-state index contributed by atoms with van der Waals surface area (Å²) in [5.41, 5.74) is -0.768. The van der Waals surface area contributed by atoms with E-state index in [1.54, 1.807) is 0 Å². The maximum absolute atomic E-state index is 11.4. The number of hydrogen-bond acceptors (Lipinski definition) is 6. The molecule has 200 valence electrons. The first-order valence-corrected chi connectivity index (χ1v) is 12.4. The maximum atomic E-state index is 11.4. The Morgan fingerprint density at radius 3 is 1.41 bits per heavy atom. The lowest BCUT2D eigenvalue weighted by Gasteiger charge is -2.41. The first kappa shape index (κ1) is 32.3. The topological polar surface area (TPSA) is 115 Å². The van der Waals surface area contributed by atoms with E-state index in [0.717, 1.165) is 12.8 Å². The average molecular weight is 488 g/mol. The SMILES string of the molecule is CCC(COCC(C)NC(C)=O)(COCC(C)NC(C)=O)CC(C)(CC)OCC(C)NC(C)=O.